The summed E-state index contributed by atoms with van der Waals surface area (Å²) in [6, 6.07) is 4.02. The lowest BCUT2D eigenvalue weighted by molar-refractivity contribution is -0.0709. The standard InChI is InChI=1S/C20H19N3O2S/c1-2-14(11-21-7-1)13-26-18-6-4-16(12-22-23-18)15-3-5-17-19-20(17,10-15)25-9-8-24-19/h1-7,10-11,17,19H,8-9,12-13H2. The predicted molar refractivity (Wildman–Crippen MR) is 101 cm³/mol. The lowest BCUT2D eigenvalue weighted by atomic mass is 9.97. The van der Waals surface area contributed by atoms with Gasteiger partial charge in [0, 0.05) is 24.1 Å². The van der Waals surface area contributed by atoms with Crippen molar-refractivity contribution in [1.29, 1.82) is 0 Å². The summed E-state index contributed by atoms with van der Waals surface area (Å²) >= 11 is 1.67. The van der Waals surface area contributed by atoms with Crippen LogP contribution in [0.2, 0.25) is 0 Å². The number of rotatable bonds is 4. The molecule has 5 rings (SSSR count). The molecule has 3 heterocycles. The van der Waals surface area contributed by atoms with E-state index in [1.165, 1.54) is 11.1 Å². The van der Waals surface area contributed by atoms with Crippen molar-refractivity contribution in [2.24, 2.45) is 16.1 Å². The number of aromatic nitrogens is 1. The lowest BCUT2D eigenvalue weighted by Gasteiger charge is -2.22. The summed E-state index contributed by atoms with van der Waals surface area (Å²) in [6.45, 7) is 1.94. The summed E-state index contributed by atoms with van der Waals surface area (Å²) < 4.78 is 11.9. The molecule has 2 fully saturated rings. The highest BCUT2D eigenvalue weighted by Crippen LogP contribution is 2.56. The highest BCUT2D eigenvalue weighted by molar-refractivity contribution is 8.02. The lowest BCUT2D eigenvalue weighted by Crippen LogP contribution is -2.28. The first-order chi connectivity index (χ1) is 12.9. The second kappa shape index (κ2) is 6.61. The van der Waals surface area contributed by atoms with E-state index in [0.29, 0.717) is 25.7 Å². The molecule has 1 saturated carbocycles. The molecular weight excluding hydrogens is 346 g/mol. The summed E-state index contributed by atoms with van der Waals surface area (Å²) in [6.07, 6.45) is 14.6. The third-order valence-corrected chi connectivity index (χ3v) is 6.09. The molecule has 3 unspecified atom stereocenters. The molecule has 2 aliphatic carbocycles. The molecule has 132 valence electrons. The van der Waals surface area contributed by atoms with E-state index in [9.17, 15) is 0 Å². The highest BCUT2D eigenvalue weighted by Gasteiger charge is 2.67. The molecule has 0 amide bonds. The molecule has 0 N–H and O–H groups in total. The average molecular weight is 365 g/mol. The van der Waals surface area contributed by atoms with E-state index in [-0.39, 0.29) is 11.7 Å². The fourth-order valence-corrected chi connectivity index (χ4v) is 4.46. The molecule has 6 heteroatoms. The number of hydrogen-bond acceptors (Lipinski definition) is 6. The molecule has 3 atom stereocenters. The van der Waals surface area contributed by atoms with Crippen molar-refractivity contribution in [1.82, 2.24) is 4.98 Å². The Hall–Kier alpha value is -2.02. The van der Waals surface area contributed by atoms with Crippen LogP contribution < -0.4 is 0 Å². The van der Waals surface area contributed by atoms with E-state index >= 15 is 0 Å². The Morgan fingerprint density at radius 1 is 1.27 bits per heavy atom. The Kier molecular flexibility index (Phi) is 4.11. The van der Waals surface area contributed by atoms with Crippen molar-refractivity contribution in [2.45, 2.75) is 17.5 Å². The summed E-state index contributed by atoms with van der Waals surface area (Å²) in [7, 11) is 0. The Bertz CT molecular complexity index is 859. The second-order valence-electron chi connectivity index (χ2n) is 6.72. The topological polar surface area (TPSA) is 56.1 Å². The molecule has 1 spiro atoms. The first kappa shape index (κ1) is 16.2. The van der Waals surface area contributed by atoms with E-state index in [4.69, 9.17) is 9.47 Å². The molecule has 5 nitrogen and oxygen atoms in total. The third-order valence-electron chi connectivity index (χ3n) is 5.10. The van der Waals surface area contributed by atoms with Gasteiger partial charge in [0.1, 0.15) is 16.7 Å². The van der Waals surface area contributed by atoms with Crippen molar-refractivity contribution < 1.29 is 9.47 Å². The van der Waals surface area contributed by atoms with Gasteiger partial charge in [-0.25, -0.2) is 0 Å². The Morgan fingerprint density at radius 3 is 3.19 bits per heavy atom. The number of hydrogen-bond donors (Lipinski definition) is 0. The van der Waals surface area contributed by atoms with Gasteiger partial charge < -0.3 is 9.47 Å². The van der Waals surface area contributed by atoms with Gasteiger partial charge in [-0.3, -0.25) is 4.98 Å². The SMILES string of the molecule is C1=CC2C3OCCOC23C=C1C1=CC=C(SCc2cccnc2)N=NC1. The third kappa shape index (κ3) is 2.88. The first-order valence-corrected chi connectivity index (χ1v) is 9.81. The molecule has 0 radical (unpaired) electrons. The van der Waals surface area contributed by atoms with Crippen LogP contribution in [0.1, 0.15) is 5.56 Å². The van der Waals surface area contributed by atoms with E-state index in [1.807, 2.05) is 18.3 Å². The van der Waals surface area contributed by atoms with Gasteiger partial charge in [0.2, 0.25) is 0 Å². The smallest absolute Gasteiger partial charge is 0.123 e. The molecule has 2 aliphatic heterocycles. The van der Waals surface area contributed by atoms with Gasteiger partial charge in [0.25, 0.3) is 0 Å². The number of allylic oxidation sites excluding steroid dienone is 3. The summed E-state index contributed by atoms with van der Waals surface area (Å²) in [5.74, 6) is 1.20. The van der Waals surface area contributed by atoms with Gasteiger partial charge in [-0.05, 0) is 34.9 Å². The number of pyridine rings is 1. The maximum absolute atomic E-state index is 6.05. The zero-order chi connectivity index (χ0) is 17.4. The zero-order valence-electron chi connectivity index (χ0n) is 14.2. The molecule has 4 aliphatic rings. The average Bonchev–Trinajstić information content (AvgIpc) is 3.41. The molecule has 26 heavy (non-hydrogen) atoms. The van der Waals surface area contributed by atoms with Crippen LogP contribution >= 0.6 is 11.8 Å². The van der Waals surface area contributed by atoms with Gasteiger partial charge in [-0.15, -0.1) is 5.11 Å². The molecule has 0 aromatic carbocycles. The van der Waals surface area contributed by atoms with Gasteiger partial charge in [0.15, 0.2) is 0 Å². The van der Waals surface area contributed by atoms with Crippen molar-refractivity contribution in [3.8, 4) is 0 Å². The molecular formula is C20H19N3O2S. The van der Waals surface area contributed by atoms with Crippen LogP contribution in [-0.2, 0) is 15.2 Å². The van der Waals surface area contributed by atoms with E-state index in [2.05, 4.69) is 45.6 Å². The molecule has 1 aromatic heterocycles. The number of azo groups is 1. The van der Waals surface area contributed by atoms with Crippen LogP contribution in [0.5, 0.6) is 0 Å². The van der Waals surface area contributed by atoms with Crippen molar-refractivity contribution in [2.75, 3.05) is 19.8 Å². The second-order valence-corrected chi connectivity index (χ2v) is 7.72. The monoisotopic (exact) mass is 365 g/mol. The largest absolute Gasteiger partial charge is 0.372 e. The van der Waals surface area contributed by atoms with E-state index in [1.54, 1.807) is 18.0 Å². The number of fused-ring (bicyclic) bond motifs is 1. The molecule has 0 bridgehead atoms. The van der Waals surface area contributed by atoms with Crippen LogP contribution in [0.4, 0.5) is 0 Å². The fourth-order valence-electron chi connectivity index (χ4n) is 3.70. The summed E-state index contributed by atoms with van der Waals surface area (Å²) in [4.78, 5) is 4.15. The van der Waals surface area contributed by atoms with Gasteiger partial charge in [-0.2, -0.15) is 5.11 Å². The van der Waals surface area contributed by atoms with Crippen LogP contribution in [0.25, 0.3) is 0 Å². The predicted octanol–water partition coefficient (Wildman–Crippen LogP) is 3.83. The van der Waals surface area contributed by atoms with Crippen molar-refractivity contribution in [3.05, 3.63) is 76.6 Å². The van der Waals surface area contributed by atoms with Crippen molar-refractivity contribution >= 4 is 11.8 Å². The van der Waals surface area contributed by atoms with Crippen molar-refractivity contribution in [3.63, 3.8) is 0 Å². The van der Waals surface area contributed by atoms with Crippen LogP contribution in [-0.4, -0.2) is 36.4 Å². The minimum atomic E-state index is -0.242. The van der Waals surface area contributed by atoms with E-state index < -0.39 is 0 Å². The molecule has 1 aromatic rings. The Labute approximate surface area is 156 Å². The number of ether oxygens (including phenoxy) is 2. The van der Waals surface area contributed by atoms with Crippen LogP contribution in [0, 0.1) is 5.92 Å². The van der Waals surface area contributed by atoms with E-state index in [0.717, 1.165) is 16.4 Å². The van der Waals surface area contributed by atoms with Crippen LogP contribution in [0.3, 0.4) is 0 Å². The fraction of sp³-hybridized carbons (Fsp3) is 0.350. The maximum Gasteiger partial charge on any atom is 0.123 e. The Morgan fingerprint density at radius 2 is 2.27 bits per heavy atom. The normalized spacial score (nSPS) is 31.9. The Balaban J connectivity index is 1.31. The highest BCUT2D eigenvalue weighted by atomic mass is 32.2. The number of thioether (sulfide) groups is 1. The van der Waals surface area contributed by atoms with Gasteiger partial charge in [-0.1, -0.05) is 36.1 Å². The zero-order valence-corrected chi connectivity index (χ0v) is 15.1. The first-order valence-electron chi connectivity index (χ1n) is 8.82. The minimum absolute atomic E-state index is 0.180. The maximum atomic E-state index is 6.05. The minimum Gasteiger partial charge on any atom is -0.372 e. The number of nitrogens with zero attached hydrogens (tertiary/aromatic N) is 3. The summed E-state index contributed by atoms with van der Waals surface area (Å²) in [5.41, 5.74) is 3.27. The molecule has 1 saturated heterocycles. The summed E-state index contributed by atoms with van der Waals surface area (Å²) in [5, 5.41) is 9.65. The van der Waals surface area contributed by atoms with Crippen LogP contribution in [0.15, 0.2) is 81.3 Å². The van der Waals surface area contributed by atoms with Gasteiger partial charge >= 0.3 is 0 Å². The van der Waals surface area contributed by atoms with Gasteiger partial charge in [0.05, 0.1) is 19.8 Å². The quantitative estimate of drug-likeness (QED) is 0.814.